The molecule has 3 aliphatic heterocycles. The number of carbonyl (C=O) groups excluding carboxylic acids is 2. The number of ether oxygens (including phenoxy) is 4. The monoisotopic (exact) mass is 1060 g/mol. The molecule has 1 aliphatic carbocycles. The summed E-state index contributed by atoms with van der Waals surface area (Å²) in [5.41, 5.74) is 18.2. The molecule has 0 radical (unpaired) electrons. The first-order valence-corrected chi connectivity index (χ1v) is 23.2. The number of halogens is 1. The van der Waals surface area contributed by atoms with Gasteiger partial charge in [-0.1, -0.05) is 68.7 Å². The van der Waals surface area contributed by atoms with Crippen LogP contribution >= 0.6 is 0 Å². The Bertz CT molecular complexity index is 2240. The molecule has 376 valence electrons. The van der Waals surface area contributed by atoms with Crippen molar-refractivity contribution in [3.8, 4) is 0 Å². The van der Waals surface area contributed by atoms with Crippen LogP contribution in [0.3, 0.4) is 0 Å². The third-order valence-electron chi connectivity index (χ3n) is 14.6. The molecular weight excluding hydrogens is 993 g/mol. The average Bonchev–Trinajstić information content (AvgIpc) is 3.63. The topological polar surface area (TPSA) is 285 Å². The van der Waals surface area contributed by atoms with E-state index in [1.807, 2.05) is 42.5 Å². The number of methoxy groups -OCH3 is 2. The number of benzene rings is 2. The number of carbonyl (C=O) groups is 3. The summed E-state index contributed by atoms with van der Waals surface area (Å²) in [6.45, 7) is 11.2. The van der Waals surface area contributed by atoms with Crippen molar-refractivity contribution in [2.24, 2.45) is 11.5 Å². The number of rotatable bonds is 19. The number of carboxylic acids is 1. The Kier molecular flexibility index (Phi) is 18.4. The highest BCUT2D eigenvalue weighted by atomic mass is 127. The lowest BCUT2D eigenvalue weighted by Crippen LogP contribution is -3.00. The van der Waals surface area contributed by atoms with E-state index in [-0.39, 0.29) is 49.2 Å². The second-order valence-electron chi connectivity index (χ2n) is 19.4. The van der Waals surface area contributed by atoms with E-state index in [0.29, 0.717) is 24.1 Å². The summed E-state index contributed by atoms with van der Waals surface area (Å²) in [5.74, 6) is -3.98. The van der Waals surface area contributed by atoms with Crippen molar-refractivity contribution in [3.63, 3.8) is 0 Å². The summed E-state index contributed by atoms with van der Waals surface area (Å²) >= 11 is 0. The summed E-state index contributed by atoms with van der Waals surface area (Å²) < 4.78 is 24.1. The SMILES string of the molecule is CC[N+]1=C(C=CC=C2C(CCCCCC(=O)O)c3ccc(C(CC4OC(OC)C(O)C(O)C4O)C(N)=O)cc3C2(C)C)C(C)(C)c2cc(C(CC3OC(OC)C(O)C(O)C3O)C(N)=O)ccc21.[I-]. The zero-order valence-electron chi connectivity index (χ0n) is 39.8. The number of aliphatic carboxylic acids is 1. The Labute approximate surface area is 414 Å². The first-order chi connectivity index (χ1) is 31.6. The van der Waals surface area contributed by atoms with E-state index in [2.05, 4.69) is 51.3 Å². The molecule has 11 N–H and O–H groups in total. The molecule has 13 atom stereocenters. The number of nitrogens with zero attached hydrogens (tertiary/aromatic N) is 1. The molecule has 2 aromatic carbocycles. The van der Waals surface area contributed by atoms with Gasteiger partial charge in [-0.15, -0.1) is 0 Å². The Morgan fingerprint density at radius 3 is 1.74 bits per heavy atom. The molecule has 0 saturated carbocycles. The van der Waals surface area contributed by atoms with Gasteiger partial charge in [0.25, 0.3) is 0 Å². The molecule has 3 heterocycles. The van der Waals surface area contributed by atoms with Gasteiger partial charge in [-0.05, 0) is 74.8 Å². The fourth-order valence-electron chi connectivity index (χ4n) is 10.7. The number of hydrogen-bond acceptors (Lipinski definition) is 13. The van der Waals surface area contributed by atoms with E-state index in [4.69, 9.17) is 30.4 Å². The third-order valence-corrected chi connectivity index (χ3v) is 14.6. The Hall–Kier alpha value is -3.67. The molecular formula is C50H70IN3O14. The van der Waals surface area contributed by atoms with Crippen LogP contribution in [-0.2, 0) is 44.2 Å². The summed E-state index contributed by atoms with van der Waals surface area (Å²) in [6.07, 6.45) is -4.53. The maximum Gasteiger partial charge on any atom is 0.303 e. The molecule has 4 aliphatic rings. The van der Waals surface area contributed by atoms with Gasteiger partial charge in [-0.25, -0.2) is 0 Å². The smallest absolute Gasteiger partial charge is 0.303 e. The lowest BCUT2D eigenvalue weighted by molar-refractivity contribution is -0.433. The molecule has 6 rings (SSSR count). The predicted octanol–water partition coefficient (Wildman–Crippen LogP) is -0.495. The molecule has 18 heteroatoms. The summed E-state index contributed by atoms with van der Waals surface area (Å²) in [4.78, 5) is 37.4. The minimum absolute atomic E-state index is 0. The van der Waals surface area contributed by atoms with Gasteiger partial charge in [0, 0.05) is 49.7 Å². The molecule has 17 nitrogen and oxygen atoms in total. The van der Waals surface area contributed by atoms with Gasteiger partial charge < -0.3 is 90.1 Å². The van der Waals surface area contributed by atoms with Crippen LogP contribution in [0, 0.1) is 0 Å². The van der Waals surface area contributed by atoms with Gasteiger partial charge in [0.15, 0.2) is 18.3 Å². The number of nitrogens with two attached hydrogens (primary N) is 2. The van der Waals surface area contributed by atoms with Crippen molar-refractivity contribution in [2.45, 2.75) is 170 Å². The van der Waals surface area contributed by atoms with Crippen molar-refractivity contribution in [1.29, 1.82) is 0 Å². The average molecular weight is 1060 g/mol. The van der Waals surface area contributed by atoms with Crippen molar-refractivity contribution in [3.05, 3.63) is 88.0 Å². The number of amides is 2. The number of primary amides is 2. The van der Waals surface area contributed by atoms with Crippen LogP contribution in [0.15, 0.2) is 60.2 Å². The van der Waals surface area contributed by atoms with Gasteiger partial charge in [0.1, 0.15) is 43.2 Å². The molecule has 0 aromatic heterocycles. The highest BCUT2D eigenvalue weighted by Gasteiger charge is 2.49. The number of hydrogen-bond donors (Lipinski definition) is 9. The van der Waals surface area contributed by atoms with Gasteiger partial charge in [-0.2, -0.15) is 4.58 Å². The number of aliphatic hydroxyl groups is 6. The lowest BCUT2D eigenvalue weighted by Gasteiger charge is -2.40. The van der Waals surface area contributed by atoms with Crippen LogP contribution in [0.25, 0.3) is 0 Å². The van der Waals surface area contributed by atoms with Crippen LogP contribution in [0.4, 0.5) is 5.69 Å². The van der Waals surface area contributed by atoms with Crippen LogP contribution in [0.1, 0.15) is 125 Å². The summed E-state index contributed by atoms with van der Waals surface area (Å²) in [5, 5.41) is 72.6. The molecule has 2 amide bonds. The normalized spacial score (nSPS) is 31.0. The number of unbranched alkanes of at least 4 members (excludes halogenated alkanes) is 2. The standard InChI is InChI=1S/C50H69N3O14.HI/c1-8-53-34-20-18-26(30(46(52)63)24-36-40(57)42(59)44(61)48(65-7)67-36)22-33(34)50(4,5)37(53)15-12-14-31-27(13-10-9-11-16-38(54)55)28-19-17-25(21-32(28)49(31,2)3)29(45(51)62)23-35-39(56)41(58)43(60)47(64-6)66-35;/h12,14-15,17-22,27,29-30,35-36,39-44,47-48,56-61H,8-11,13,16,23-24H2,1-7H3,(H4-,51,52,54,55,62,63);1H. The second kappa shape index (κ2) is 22.6. The van der Waals surface area contributed by atoms with E-state index in [9.17, 15) is 50.1 Å². The maximum atomic E-state index is 13.1. The Morgan fingerprint density at radius 1 is 0.735 bits per heavy atom. The van der Waals surface area contributed by atoms with Crippen molar-refractivity contribution in [1.82, 2.24) is 0 Å². The molecule has 68 heavy (non-hydrogen) atoms. The van der Waals surface area contributed by atoms with E-state index in [1.165, 1.54) is 14.2 Å². The number of allylic oxidation sites excluding steroid dienone is 4. The number of aliphatic hydroxyl groups excluding tert-OH is 6. The molecule has 2 fully saturated rings. The maximum absolute atomic E-state index is 13.1. The molecule has 2 aromatic rings. The first kappa shape index (κ1) is 55.3. The molecule has 0 spiro atoms. The van der Waals surface area contributed by atoms with Gasteiger partial charge in [0.05, 0.1) is 29.5 Å². The van der Waals surface area contributed by atoms with Gasteiger partial charge in [-0.3, -0.25) is 14.4 Å². The quantitative estimate of drug-likeness (QED) is 0.0488. The van der Waals surface area contributed by atoms with Crippen molar-refractivity contribution < 1.29 is 97.6 Å². The molecule has 0 bridgehead atoms. The van der Waals surface area contributed by atoms with E-state index in [1.54, 1.807) is 0 Å². The van der Waals surface area contributed by atoms with E-state index >= 15 is 0 Å². The number of fused-ring (bicyclic) bond motifs is 2. The van der Waals surface area contributed by atoms with Gasteiger partial charge >= 0.3 is 5.97 Å². The lowest BCUT2D eigenvalue weighted by atomic mass is 9.78. The van der Waals surface area contributed by atoms with Crippen molar-refractivity contribution >= 4 is 29.2 Å². The molecule has 13 unspecified atom stereocenters. The highest BCUT2D eigenvalue weighted by Crippen LogP contribution is 2.53. The van der Waals surface area contributed by atoms with Gasteiger partial charge in [0.2, 0.25) is 17.5 Å². The highest BCUT2D eigenvalue weighted by molar-refractivity contribution is 6.03. The third kappa shape index (κ3) is 10.9. The van der Waals surface area contributed by atoms with Crippen LogP contribution in [0.5, 0.6) is 0 Å². The predicted molar refractivity (Wildman–Crippen MR) is 246 cm³/mol. The zero-order chi connectivity index (χ0) is 49.3. The van der Waals surface area contributed by atoms with E-state index in [0.717, 1.165) is 52.9 Å². The molecule has 2 saturated heterocycles. The minimum Gasteiger partial charge on any atom is -1.00 e. The fourth-order valence-corrected chi connectivity index (χ4v) is 10.7. The summed E-state index contributed by atoms with van der Waals surface area (Å²) in [6, 6.07) is 11.6. The number of carboxylic acid groups (broad SMARTS) is 1. The minimum atomic E-state index is -1.56. The van der Waals surface area contributed by atoms with Crippen LogP contribution < -0.4 is 35.4 Å². The van der Waals surface area contributed by atoms with Crippen molar-refractivity contribution in [2.75, 3.05) is 20.8 Å². The zero-order valence-corrected chi connectivity index (χ0v) is 42.0. The summed E-state index contributed by atoms with van der Waals surface area (Å²) in [7, 11) is 2.61. The Balaban J connectivity index is 0.00000864. The second-order valence-corrected chi connectivity index (χ2v) is 19.4. The van der Waals surface area contributed by atoms with E-state index < -0.39 is 102 Å². The largest absolute Gasteiger partial charge is 1.00 e. The van der Waals surface area contributed by atoms with Crippen LogP contribution in [0.2, 0.25) is 0 Å². The first-order valence-electron chi connectivity index (χ1n) is 23.2. The van der Waals surface area contributed by atoms with Crippen LogP contribution in [-0.4, -0.2) is 146 Å². The fraction of sp³-hybridized carbons (Fsp3) is 0.600. The Morgan fingerprint density at radius 2 is 1.25 bits per heavy atom.